The summed E-state index contributed by atoms with van der Waals surface area (Å²) in [7, 11) is 0. The van der Waals surface area contributed by atoms with Crippen LogP contribution < -0.4 is 4.18 Å². The summed E-state index contributed by atoms with van der Waals surface area (Å²) in [5.41, 5.74) is 5.92. The predicted octanol–water partition coefficient (Wildman–Crippen LogP) is 5.00. The summed E-state index contributed by atoms with van der Waals surface area (Å²) in [5.74, 6) is 0. The van der Waals surface area contributed by atoms with Crippen LogP contribution in [0.2, 0.25) is 5.02 Å². The maximum Gasteiger partial charge on any atom is 0.308 e. The number of rotatable bonds is 8. The maximum atomic E-state index is 10.1. The predicted molar refractivity (Wildman–Crippen MR) is 164 cm³/mol. The Hall–Kier alpha value is -3.45. The van der Waals surface area contributed by atoms with Gasteiger partial charge in [0, 0.05) is 18.2 Å². The van der Waals surface area contributed by atoms with Crippen molar-refractivity contribution in [1.29, 1.82) is 0 Å². The van der Waals surface area contributed by atoms with Gasteiger partial charge in [-0.1, -0.05) is 48.0 Å². The molecular formula is C31H30ClN5O5S. The molecule has 12 heteroatoms. The van der Waals surface area contributed by atoms with Crippen LogP contribution in [0.3, 0.4) is 0 Å². The summed E-state index contributed by atoms with van der Waals surface area (Å²) in [4.78, 5) is 12.3. The minimum Gasteiger partial charge on any atom is -0.390 e. The third kappa shape index (κ3) is 5.88. The Morgan fingerprint density at radius 1 is 1.02 bits per heavy atom. The monoisotopic (exact) mass is 619 g/mol. The van der Waals surface area contributed by atoms with Crippen LogP contribution in [0.1, 0.15) is 19.4 Å². The molecule has 0 amide bonds. The van der Waals surface area contributed by atoms with Crippen LogP contribution in [-0.4, -0.2) is 77.3 Å². The highest BCUT2D eigenvalue weighted by atomic mass is 35.5. The number of aliphatic hydroxyl groups excluding tert-OH is 1. The Morgan fingerprint density at radius 2 is 1.72 bits per heavy atom. The van der Waals surface area contributed by atoms with Crippen molar-refractivity contribution in [2.24, 2.45) is 0 Å². The van der Waals surface area contributed by atoms with E-state index in [1.807, 2.05) is 47.3 Å². The van der Waals surface area contributed by atoms with Crippen LogP contribution in [-0.2, 0) is 15.9 Å². The van der Waals surface area contributed by atoms with Crippen LogP contribution in [0.25, 0.3) is 39.2 Å². The number of nitrogens with one attached hydrogen (secondary N) is 1. The number of aliphatic hydroxyl groups is 2. The number of imidazole rings is 1. The van der Waals surface area contributed by atoms with E-state index in [-0.39, 0.29) is 24.1 Å². The summed E-state index contributed by atoms with van der Waals surface area (Å²) in [6, 6.07) is 18.3. The van der Waals surface area contributed by atoms with Crippen molar-refractivity contribution in [3.05, 3.63) is 77.6 Å². The highest BCUT2D eigenvalue weighted by molar-refractivity contribution is 7.95. The topological polar surface area (TPSA) is 128 Å². The molecule has 4 atom stereocenters. The van der Waals surface area contributed by atoms with Gasteiger partial charge in [-0.05, 0) is 48.7 Å². The molecule has 43 heavy (non-hydrogen) atoms. The fourth-order valence-electron chi connectivity index (χ4n) is 5.49. The Balaban J connectivity index is 1.04. The highest BCUT2D eigenvalue weighted by Gasteiger charge is 2.48. The number of halogens is 1. The summed E-state index contributed by atoms with van der Waals surface area (Å²) in [6.45, 7) is 4.28. The van der Waals surface area contributed by atoms with Crippen LogP contribution in [0.15, 0.2) is 67.0 Å². The van der Waals surface area contributed by atoms with Gasteiger partial charge in [0.2, 0.25) is 0 Å². The van der Waals surface area contributed by atoms with Gasteiger partial charge in [0.05, 0.1) is 64.2 Å². The molecule has 3 aromatic heterocycles. The molecule has 0 spiro atoms. The SMILES string of the molecule is CC(C)(O)Cc1cnn(-c2ccc(-c3ccc(-c4nc5nc(OS[C@@H]6CO[C@@H]7[C@H]6OC[C@@H]7O)[nH]c5cc4Cl)cc3)cc2)c1. The molecule has 0 aliphatic carbocycles. The Bertz CT molecular complexity index is 1750. The van der Waals surface area contributed by atoms with Gasteiger partial charge in [0.15, 0.2) is 5.65 Å². The fourth-order valence-corrected chi connectivity index (χ4v) is 6.52. The standard InChI is InChI=1S/C31H30ClN5O5S/c1-31(2,39)12-17-13-33-37(14-17)21-9-7-19(8-10-21)18-3-5-20(6-4-18)26-22(32)11-23-29(35-26)36-30(34-23)42-43-25-16-41-27-24(38)15-40-28(25)27/h3-11,13-14,24-25,27-28,38-39H,12,15-16H2,1-2H3,(H,34,35,36)/t24-,25+,27-,28-/m0/s1. The molecule has 7 rings (SSSR count). The molecule has 5 aromatic rings. The lowest BCUT2D eigenvalue weighted by atomic mass is 10.0. The highest BCUT2D eigenvalue weighted by Crippen LogP contribution is 2.36. The van der Waals surface area contributed by atoms with Gasteiger partial charge < -0.3 is 28.9 Å². The number of benzene rings is 2. The third-order valence-corrected chi connectivity index (χ3v) is 8.73. The number of pyridine rings is 1. The lowest BCUT2D eigenvalue weighted by Gasteiger charge is -2.14. The molecule has 2 fully saturated rings. The summed E-state index contributed by atoms with van der Waals surface area (Å²) in [6.07, 6.45) is 3.14. The first-order valence-electron chi connectivity index (χ1n) is 14.0. The molecule has 0 saturated carbocycles. The molecule has 2 aromatic carbocycles. The molecule has 5 heterocycles. The van der Waals surface area contributed by atoms with E-state index in [4.69, 9.17) is 30.2 Å². The smallest absolute Gasteiger partial charge is 0.308 e. The first-order chi connectivity index (χ1) is 20.7. The number of nitrogens with zero attached hydrogens (tertiary/aromatic N) is 4. The number of fused-ring (bicyclic) bond motifs is 2. The Labute approximate surface area is 257 Å². The number of H-pyrrole nitrogens is 1. The summed E-state index contributed by atoms with van der Waals surface area (Å²) in [5, 5.41) is 24.9. The Morgan fingerprint density at radius 3 is 2.47 bits per heavy atom. The average molecular weight is 620 g/mol. The van der Waals surface area contributed by atoms with Crippen molar-refractivity contribution in [2.45, 2.75) is 49.4 Å². The van der Waals surface area contributed by atoms with Gasteiger partial charge >= 0.3 is 6.01 Å². The van der Waals surface area contributed by atoms with E-state index in [1.54, 1.807) is 26.1 Å². The zero-order chi connectivity index (χ0) is 29.7. The van der Waals surface area contributed by atoms with Crippen LogP contribution >= 0.6 is 23.6 Å². The lowest BCUT2D eigenvalue weighted by molar-refractivity contribution is 0.0188. The molecule has 2 aliphatic rings. The zero-order valence-electron chi connectivity index (χ0n) is 23.5. The molecule has 222 valence electrons. The van der Waals surface area contributed by atoms with Crippen LogP contribution in [0.4, 0.5) is 0 Å². The molecule has 0 bridgehead atoms. The van der Waals surface area contributed by atoms with E-state index < -0.39 is 11.7 Å². The normalized spacial score (nSPS) is 21.9. The second-order valence-corrected chi connectivity index (χ2v) is 12.9. The van der Waals surface area contributed by atoms with E-state index in [0.717, 1.165) is 27.9 Å². The van der Waals surface area contributed by atoms with Gasteiger partial charge in [0.1, 0.15) is 18.3 Å². The third-order valence-electron chi connectivity index (χ3n) is 7.53. The number of hydrogen-bond donors (Lipinski definition) is 3. The van der Waals surface area contributed by atoms with Crippen LogP contribution in [0.5, 0.6) is 6.01 Å². The first-order valence-corrected chi connectivity index (χ1v) is 15.2. The minimum absolute atomic E-state index is 0.0693. The van der Waals surface area contributed by atoms with Crippen LogP contribution in [0, 0.1) is 0 Å². The second-order valence-electron chi connectivity index (χ2n) is 11.5. The number of aromatic nitrogens is 5. The van der Waals surface area contributed by atoms with Crippen molar-refractivity contribution >= 4 is 34.8 Å². The van der Waals surface area contributed by atoms with E-state index in [1.165, 1.54) is 12.0 Å². The Kier molecular flexibility index (Phi) is 7.40. The molecule has 0 radical (unpaired) electrons. The molecule has 3 N–H and O–H groups in total. The summed E-state index contributed by atoms with van der Waals surface area (Å²) < 4.78 is 19.0. The maximum absolute atomic E-state index is 10.1. The molecule has 2 saturated heterocycles. The van der Waals surface area contributed by atoms with Crippen molar-refractivity contribution in [2.75, 3.05) is 13.2 Å². The minimum atomic E-state index is -0.781. The number of hydrogen-bond acceptors (Lipinski definition) is 9. The lowest BCUT2D eigenvalue weighted by Crippen LogP contribution is -2.30. The number of aromatic amines is 1. The zero-order valence-corrected chi connectivity index (χ0v) is 25.0. The van der Waals surface area contributed by atoms with Crippen molar-refractivity contribution in [3.8, 4) is 34.1 Å². The fraction of sp³-hybridized carbons (Fsp3) is 0.323. The first kappa shape index (κ1) is 28.3. The molecule has 0 unspecified atom stereocenters. The molecular weight excluding hydrogens is 590 g/mol. The number of ether oxygens (including phenoxy) is 2. The van der Waals surface area contributed by atoms with E-state index in [9.17, 15) is 10.2 Å². The van der Waals surface area contributed by atoms with Crippen molar-refractivity contribution in [3.63, 3.8) is 0 Å². The molecule has 10 nitrogen and oxygen atoms in total. The summed E-state index contributed by atoms with van der Waals surface area (Å²) >= 11 is 7.84. The van der Waals surface area contributed by atoms with Crippen molar-refractivity contribution < 1.29 is 23.9 Å². The van der Waals surface area contributed by atoms with Gasteiger partial charge in [-0.3, -0.25) is 0 Å². The van der Waals surface area contributed by atoms with Gasteiger partial charge in [0.25, 0.3) is 0 Å². The second kappa shape index (κ2) is 11.2. The van der Waals surface area contributed by atoms with Crippen molar-refractivity contribution in [1.82, 2.24) is 24.7 Å². The quantitative estimate of drug-likeness (QED) is 0.206. The van der Waals surface area contributed by atoms with E-state index in [0.29, 0.717) is 40.9 Å². The molecule has 2 aliphatic heterocycles. The van der Waals surface area contributed by atoms with Gasteiger partial charge in [-0.2, -0.15) is 10.1 Å². The average Bonchev–Trinajstić information content (AvgIpc) is 3.77. The van der Waals surface area contributed by atoms with E-state index in [2.05, 4.69) is 27.2 Å². The van der Waals surface area contributed by atoms with Gasteiger partial charge in [-0.25, -0.2) is 9.67 Å². The largest absolute Gasteiger partial charge is 0.390 e. The van der Waals surface area contributed by atoms with Gasteiger partial charge in [-0.15, -0.1) is 0 Å². The van der Waals surface area contributed by atoms with E-state index >= 15 is 0 Å².